The maximum atomic E-state index is 8.49. The van der Waals surface area contributed by atoms with E-state index in [-0.39, 0.29) is 5.96 Å². The molecule has 0 spiro atoms. The quantitative estimate of drug-likeness (QED) is 0.347. The van der Waals surface area contributed by atoms with Gasteiger partial charge in [0.1, 0.15) is 0 Å². The van der Waals surface area contributed by atoms with Crippen LogP contribution in [0.15, 0.2) is 24.3 Å². The third kappa shape index (κ3) is 1.99. The van der Waals surface area contributed by atoms with E-state index < -0.39 is 0 Å². The number of hydrogen-bond acceptors (Lipinski definition) is 1. The molecule has 5 N–H and O–H groups in total. The first-order chi connectivity index (χ1) is 5.72. The first-order valence-electron chi connectivity index (χ1n) is 3.37. The molecule has 0 fully saturated rings. The van der Waals surface area contributed by atoms with Crippen LogP contribution in [0.4, 0.5) is 5.69 Å². The summed E-state index contributed by atoms with van der Waals surface area (Å²) in [7, 11) is 0. The Hall–Kier alpha value is -2.02. The van der Waals surface area contributed by atoms with Gasteiger partial charge < -0.3 is 0 Å². The van der Waals surface area contributed by atoms with Gasteiger partial charge in [0.05, 0.1) is 17.3 Å². The van der Waals surface area contributed by atoms with E-state index in [0.29, 0.717) is 5.56 Å². The third-order valence-corrected chi connectivity index (χ3v) is 1.30. The molecule has 12 heavy (non-hydrogen) atoms. The summed E-state index contributed by atoms with van der Waals surface area (Å²) in [6.07, 6.45) is 0. The highest BCUT2D eigenvalue weighted by atomic mass is 15.0. The van der Waals surface area contributed by atoms with Crippen molar-refractivity contribution < 1.29 is 4.99 Å². The maximum absolute atomic E-state index is 8.49. The predicted molar refractivity (Wildman–Crippen MR) is 45.2 cm³/mol. The van der Waals surface area contributed by atoms with Crippen LogP contribution in [-0.4, -0.2) is 5.96 Å². The molecule has 4 nitrogen and oxygen atoms in total. The highest BCUT2D eigenvalue weighted by Gasteiger charge is 1.92. The maximum Gasteiger partial charge on any atom is 0.343 e. The summed E-state index contributed by atoms with van der Waals surface area (Å²) in [5.74, 6) is 0.139. The minimum atomic E-state index is 0.139. The van der Waals surface area contributed by atoms with Gasteiger partial charge in [-0.25, -0.2) is 4.99 Å². The van der Waals surface area contributed by atoms with Crippen LogP contribution in [0.25, 0.3) is 0 Å². The summed E-state index contributed by atoms with van der Waals surface area (Å²) in [5, 5.41) is 8.49. The van der Waals surface area contributed by atoms with Crippen LogP contribution in [0.1, 0.15) is 5.56 Å². The Kier molecular flexibility index (Phi) is 2.29. The zero-order valence-electron chi connectivity index (χ0n) is 6.41. The SMILES string of the molecule is N#Cc1ccc([NH+]=C(N)N)cc1. The van der Waals surface area contributed by atoms with E-state index in [2.05, 4.69) is 4.99 Å². The number of rotatable bonds is 1. The number of nitrogens with one attached hydrogen (secondary N) is 1. The molecule has 0 atom stereocenters. The van der Waals surface area contributed by atoms with Gasteiger partial charge in [-0.05, 0) is 24.3 Å². The van der Waals surface area contributed by atoms with Gasteiger partial charge in [0.25, 0.3) is 0 Å². The molecule has 0 unspecified atom stereocenters. The standard InChI is InChI=1S/C8H8N4/c9-5-6-1-3-7(4-2-6)12-8(10)11/h1-4H,(H4,10,11,12)/p+1. The van der Waals surface area contributed by atoms with Crippen molar-refractivity contribution in [3.63, 3.8) is 0 Å². The molecular formula is C8H9N4+. The lowest BCUT2D eigenvalue weighted by molar-refractivity contribution is -0.356. The zero-order valence-corrected chi connectivity index (χ0v) is 6.41. The minimum Gasteiger partial charge on any atom is -0.291 e. The average Bonchev–Trinajstić information content (AvgIpc) is 2.05. The van der Waals surface area contributed by atoms with E-state index in [0.717, 1.165) is 5.69 Å². The van der Waals surface area contributed by atoms with Crippen LogP contribution < -0.4 is 16.5 Å². The Morgan fingerprint density at radius 2 is 1.83 bits per heavy atom. The van der Waals surface area contributed by atoms with Crippen molar-refractivity contribution in [3.8, 4) is 6.07 Å². The van der Waals surface area contributed by atoms with Crippen molar-refractivity contribution in [2.24, 2.45) is 11.5 Å². The molecular weight excluding hydrogens is 152 g/mol. The molecule has 0 saturated heterocycles. The summed E-state index contributed by atoms with van der Waals surface area (Å²) in [6, 6.07) is 8.85. The number of nitrogens with zero attached hydrogens (tertiary/aromatic N) is 1. The van der Waals surface area contributed by atoms with Gasteiger partial charge in [0.15, 0.2) is 0 Å². The van der Waals surface area contributed by atoms with Gasteiger partial charge in [-0.1, -0.05) is 0 Å². The minimum absolute atomic E-state index is 0.139. The van der Waals surface area contributed by atoms with Gasteiger partial charge in [0, 0.05) is 0 Å². The largest absolute Gasteiger partial charge is 0.343 e. The number of nitrogens with two attached hydrogens (primary N) is 2. The van der Waals surface area contributed by atoms with Crippen LogP contribution in [0.5, 0.6) is 0 Å². The number of hydrogen-bond donors (Lipinski definition) is 3. The van der Waals surface area contributed by atoms with E-state index in [9.17, 15) is 0 Å². The zero-order chi connectivity index (χ0) is 8.97. The fourth-order valence-electron chi connectivity index (χ4n) is 0.795. The summed E-state index contributed by atoms with van der Waals surface area (Å²) >= 11 is 0. The summed E-state index contributed by atoms with van der Waals surface area (Å²) in [4.78, 5) is 2.72. The van der Waals surface area contributed by atoms with E-state index in [1.54, 1.807) is 24.3 Å². The average molecular weight is 161 g/mol. The van der Waals surface area contributed by atoms with Crippen LogP contribution in [0, 0.1) is 11.3 Å². The molecule has 0 heterocycles. The molecule has 0 saturated carbocycles. The smallest absolute Gasteiger partial charge is 0.291 e. The van der Waals surface area contributed by atoms with Crippen LogP contribution in [0.2, 0.25) is 0 Å². The topological polar surface area (TPSA) is 89.8 Å². The molecule has 0 radical (unpaired) electrons. The molecule has 0 amide bonds. The lowest BCUT2D eigenvalue weighted by atomic mass is 10.2. The van der Waals surface area contributed by atoms with E-state index >= 15 is 0 Å². The first-order valence-corrected chi connectivity index (χ1v) is 3.37. The summed E-state index contributed by atoms with van der Waals surface area (Å²) in [6.45, 7) is 0. The lowest BCUT2D eigenvalue weighted by Gasteiger charge is -1.91. The van der Waals surface area contributed by atoms with Gasteiger partial charge in [-0.15, -0.1) is 0 Å². The molecule has 0 aliphatic rings. The van der Waals surface area contributed by atoms with Crippen molar-refractivity contribution in [1.29, 1.82) is 5.26 Å². The fourth-order valence-corrected chi connectivity index (χ4v) is 0.795. The molecule has 1 aromatic carbocycles. The molecule has 4 heteroatoms. The number of guanidine groups is 1. The molecule has 0 aliphatic heterocycles. The van der Waals surface area contributed by atoms with Crippen LogP contribution in [-0.2, 0) is 0 Å². The van der Waals surface area contributed by atoms with Crippen molar-refractivity contribution >= 4 is 11.6 Å². The summed E-state index contributed by atoms with van der Waals surface area (Å²) < 4.78 is 0. The molecule has 1 aromatic rings. The van der Waals surface area contributed by atoms with E-state index in [1.165, 1.54) is 0 Å². The number of benzene rings is 1. The van der Waals surface area contributed by atoms with Crippen molar-refractivity contribution in [1.82, 2.24) is 0 Å². The Morgan fingerprint density at radius 3 is 2.25 bits per heavy atom. The second-order valence-electron chi connectivity index (χ2n) is 2.27. The number of nitriles is 1. The molecule has 1 rings (SSSR count). The second kappa shape index (κ2) is 3.39. The van der Waals surface area contributed by atoms with Gasteiger partial charge >= 0.3 is 5.96 Å². The fraction of sp³-hybridized carbons (Fsp3) is 0. The Balaban J connectivity index is 2.95. The van der Waals surface area contributed by atoms with Crippen LogP contribution in [0.3, 0.4) is 0 Å². The Labute approximate surface area is 70.1 Å². The highest BCUT2D eigenvalue weighted by Crippen LogP contribution is 2.01. The predicted octanol–water partition coefficient (Wildman–Crippen LogP) is -1.46. The normalized spacial score (nSPS) is 8.58. The van der Waals surface area contributed by atoms with Gasteiger partial charge in [0.2, 0.25) is 0 Å². The van der Waals surface area contributed by atoms with Gasteiger partial charge in [-0.3, -0.25) is 11.5 Å². The van der Waals surface area contributed by atoms with Crippen molar-refractivity contribution in [2.45, 2.75) is 0 Å². The molecule has 0 bridgehead atoms. The van der Waals surface area contributed by atoms with E-state index in [1.807, 2.05) is 6.07 Å². The van der Waals surface area contributed by atoms with Gasteiger partial charge in [-0.2, -0.15) is 5.26 Å². The second-order valence-corrected chi connectivity index (χ2v) is 2.27. The van der Waals surface area contributed by atoms with Crippen LogP contribution >= 0.6 is 0 Å². The molecule has 0 aliphatic carbocycles. The first kappa shape index (κ1) is 8.08. The van der Waals surface area contributed by atoms with Crippen molar-refractivity contribution in [3.05, 3.63) is 29.8 Å². The molecule has 60 valence electrons. The Morgan fingerprint density at radius 1 is 1.25 bits per heavy atom. The summed E-state index contributed by atoms with van der Waals surface area (Å²) in [5.41, 5.74) is 11.8. The third-order valence-electron chi connectivity index (χ3n) is 1.30. The van der Waals surface area contributed by atoms with Crippen molar-refractivity contribution in [2.75, 3.05) is 0 Å². The molecule has 0 aromatic heterocycles. The van der Waals surface area contributed by atoms with E-state index in [4.69, 9.17) is 16.7 Å². The Bertz CT molecular complexity index is 327. The highest BCUT2D eigenvalue weighted by molar-refractivity contribution is 5.70. The lowest BCUT2D eigenvalue weighted by Crippen LogP contribution is -2.72. The monoisotopic (exact) mass is 161 g/mol.